The third-order valence-corrected chi connectivity index (χ3v) is 4.42. The molecule has 0 radical (unpaired) electrons. The second-order valence-corrected chi connectivity index (χ2v) is 5.79. The number of nitrogens with one attached hydrogen (secondary N) is 1. The first kappa shape index (κ1) is 15.8. The van der Waals surface area contributed by atoms with Crippen molar-refractivity contribution < 1.29 is 14.7 Å². The van der Waals surface area contributed by atoms with Crippen LogP contribution < -0.4 is 5.32 Å². The number of aliphatic carboxylic acids is 1. The van der Waals surface area contributed by atoms with Crippen molar-refractivity contribution in [3.05, 3.63) is 0 Å². The second-order valence-electron chi connectivity index (χ2n) is 5.79. The highest BCUT2D eigenvalue weighted by atomic mass is 16.4. The summed E-state index contributed by atoms with van der Waals surface area (Å²) in [6, 6.07) is -0.947. The fourth-order valence-electron chi connectivity index (χ4n) is 2.55. The van der Waals surface area contributed by atoms with Gasteiger partial charge in [0.1, 0.15) is 6.04 Å². The molecule has 19 heavy (non-hydrogen) atoms. The Morgan fingerprint density at radius 2 is 1.95 bits per heavy atom. The van der Waals surface area contributed by atoms with Crippen LogP contribution in [0.25, 0.3) is 0 Å². The molecule has 5 heteroatoms. The van der Waals surface area contributed by atoms with Crippen LogP contribution in [0.5, 0.6) is 0 Å². The average Bonchev–Trinajstić information content (AvgIpc) is 2.37. The van der Waals surface area contributed by atoms with Crippen molar-refractivity contribution in [2.24, 2.45) is 5.92 Å². The van der Waals surface area contributed by atoms with Crippen molar-refractivity contribution in [1.82, 2.24) is 10.2 Å². The highest BCUT2D eigenvalue weighted by molar-refractivity contribution is 5.83. The van der Waals surface area contributed by atoms with Gasteiger partial charge in [0.2, 0.25) is 0 Å². The summed E-state index contributed by atoms with van der Waals surface area (Å²) in [5, 5.41) is 12.3. The predicted octanol–water partition coefficient (Wildman–Crippen LogP) is 2.46. The molecule has 0 spiro atoms. The Kier molecular flexibility index (Phi) is 5.20. The van der Waals surface area contributed by atoms with Crippen LogP contribution in [0.3, 0.4) is 0 Å². The van der Waals surface area contributed by atoms with Gasteiger partial charge >= 0.3 is 12.0 Å². The standard InChI is InChI=1S/C14H26N2O3/c1-5-14(4,6-2)15-13(19)16-9-7-8-10(3)11(16)12(17)18/h10-11H,5-9H2,1-4H3,(H,15,19)(H,17,18). The zero-order chi connectivity index (χ0) is 14.6. The number of carbonyl (C=O) groups excluding carboxylic acids is 1. The molecular formula is C14H26N2O3. The van der Waals surface area contributed by atoms with Gasteiger partial charge in [0.05, 0.1) is 0 Å². The zero-order valence-electron chi connectivity index (χ0n) is 12.4. The first-order valence-corrected chi connectivity index (χ1v) is 7.16. The molecule has 1 saturated heterocycles. The maximum absolute atomic E-state index is 12.3. The molecule has 1 rings (SSSR count). The molecule has 5 nitrogen and oxygen atoms in total. The van der Waals surface area contributed by atoms with Crippen LogP contribution in [0.15, 0.2) is 0 Å². The third-order valence-electron chi connectivity index (χ3n) is 4.42. The van der Waals surface area contributed by atoms with Gasteiger partial charge in [-0.25, -0.2) is 9.59 Å². The molecule has 0 saturated carbocycles. The summed E-state index contributed by atoms with van der Waals surface area (Å²) in [4.78, 5) is 25.2. The summed E-state index contributed by atoms with van der Waals surface area (Å²) in [7, 11) is 0. The van der Waals surface area contributed by atoms with Gasteiger partial charge in [-0.1, -0.05) is 20.8 Å². The molecule has 2 N–H and O–H groups in total. The average molecular weight is 270 g/mol. The number of amides is 2. The van der Waals surface area contributed by atoms with Crippen LogP contribution in [0.1, 0.15) is 53.4 Å². The SMILES string of the molecule is CCC(C)(CC)NC(=O)N1CCCC(C)C1C(=O)O. The maximum atomic E-state index is 12.3. The smallest absolute Gasteiger partial charge is 0.326 e. The fraction of sp³-hybridized carbons (Fsp3) is 0.857. The van der Waals surface area contributed by atoms with Crippen molar-refractivity contribution in [3.8, 4) is 0 Å². The van der Waals surface area contributed by atoms with Gasteiger partial charge in [0, 0.05) is 12.1 Å². The Morgan fingerprint density at radius 3 is 2.42 bits per heavy atom. The molecular weight excluding hydrogens is 244 g/mol. The van der Waals surface area contributed by atoms with Crippen LogP contribution >= 0.6 is 0 Å². The van der Waals surface area contributed by atoms with E-state index in [1.165, 1.54) is 4.90 Å². The minimum atomic E-state index is -0.906. The summed E-state index contributed by atoms with van der Waals surface area (Å²) in [6.07, 6.45) is 3.39. The number of carboxylic acid groups (broad SMARTS) is 1. The lowest BCUT2D eigenvalue weighted by Gasteiger charge is -2.39. The van der Waals surface area contributed by atoms with Gasteiger partial charge in [-0.3, -0.25) is 0 Å². The van der Waals surface area contributed by atoms with Crippen molar-refractivity contribution in [1.29, 1.82) is 0 Å². The molecule has 0 aromatic heterocycles. The summed E-state index contributed by atoms with van der Waals surface area (Å²) in [6.45, 7) is 8.47. The Bertz CT molecular complexity index is 340. The Labute approximate surface area is 115 Å². The van der Waals surface area contributed by atoms with Crippen molar-refractivity contribution in [2.45, 2.75) is 65.0 Å². The first-order valence-electron chi connectivity index (χ1n) is 7.16. The van der Waals surface area contributed by atoms with E-state index in [1.54, 1.807) is 0 Å². The van der Waals surface area contributed by atoms with E-state index in [2.05, 4.69) is 5.32 Å². The quantitative estimate of drug-likeness (QED) is 0.824. The van der Waals surface area contributed by atoms with Gasteiger partial charge in [0.15, 0.2) is 0 Å². The number of rotatable bonds is 4. The zero-order valence-corrected chi connectivity index (χ0v) is 12.4. The van der Waals surface area contributed by atoms with Crippen LogP contribution in [-0.2, 0) is 4.79 Å². The monoisotopic (exact) mass is 270 g/mol. The molecule has 2 amide bonds. The van der Waals surface area contributed by atoms with Crippen LogP contribution in [-0.4, -0.2) is 40.1 Å². The molecule has 1 heterocycles. The number of likely N-dealkylation sites (tertiary alicyclic amines) is 1. The molecule has 1 aliphatic heterocycles. The first-order chi connectivity index (χ1) is 8.84. The van der Waals surface area contributed by atoms with E-state index in [4.69, 9.17) is 0 Å². The van der Waals surface area contributed by atoms with Crippen LogP contribution in [0.2, 0.25) is 0 Å². The number of nitrogens with zero attached hydrogens (tertiary/aromatic N) is 1. The third kappa shape index (κ3) is 3.61. The molecule has 0 aromatic carbocycles. The molecule has 1 aliphatic rings. The number of hydrogen-bond acceptors (Lipinski definition) is 2. The number of hydrogen-bond donors (Lipinski definition) is 2. The molecule has 110 valence electrons. The van der Waals surface area contributed by atoms with E-state index < -0.39 is 12.0 Å². The lowest BCUT2D eigenvalue weighted by molar-refractivity contribution is -0.145. The Morgan fingerprint density at radius 1 is 1.37 bits per heavy atom. The van der Waals surface area contributed by atoms with E-state index >= 15 is 0 Å². The van der Waals surface area contributed by atoms with Gasteiger partial charge in [-0.05, 0) is 38.5 Å². The largest absolute Gasteiger partial charge is 0.480 e. The van der Waals surface area contributed by atoms with E-state index in [0.717, 1.165) is 25.7 Å². The Balaban J connectivity index is 2.81. The molecule has 2 atom stereocenters. The van der Waals surface area contributed by atoms with Crippen LogP contribution in [0, 0.1) is 5.92 Å². The lowest BCUT2D eigenvalue weighted by atomic mass is 9.90. The molecule has 1 fully saturated rings. The summed E-state index contributed by atoms with van der Waals surface area (Å²) in [5.74, 6) is -0.899. The van der Waals surface area contributed by atoms with Gasteiger partial charge in [-0.2, -0.15) is 0 Å². The number of urea groups is 1. The maximum Gasteiger partial charge on any atom is 0.326 e. The predicted molar refractivity (Wildman–Crippen MR) is 74.0 cm³/mol. The highest BCUT2D eigenvalue weighted by Crippen LogP contribution is 2.24. The fourth-order valence-corrected chi connectivity index (χ4v) is 2.55. The minimum Gasteiger partial charge on any atom is -0.480 e. The van der Waals surface area contributed by atoms with Gasteiger partial charge in [-0.15, -0.1) is 0 Å². The number of carbonyl (C=O) groups is 2. The highest BCUT2D eigenvalue weighted by Gasteiger charge is 2.38. The summed E-state index contributed by atoms with van der Waals surface area (Å²) >= 11 is 0. The van der Waals surface area contributed by atoms with Crippen molar-refractivity contribution in [2.75, 3.05) is 6.54 Å². The summed E-state index contributed by atoms with van der Waals surface area (Å²) < 4.78 is 0. The van der Waals surface area contributed by atoms with E-state index in [1.807, 2.05) is 27.7 Å². The molecule has 0 aliphatic carbocycles. The molecule has 0 aromatic rings. The van der Waals surface area contributed by atoms with E-state index in [9.17, 15) is 14.7 Å². The van der Waals surface area contributed by atoms with Gasteiger partial charge < -0.3 is 15.3 Å². The lowest BCUT2D eigenvalue weighted by Crippen LogP contribution is -2.58. The van der Waals surface area contributed by atoms with E-state index in [0.29, 0.717) is 6.54 Å². The van der Waals surface area contributed by atoms with E-state index in [-0.39, 0.29) is 17.5 Å². The molecule has 0 bridgehead atoms. The van der Waals surface area contributed by atoms with Crippen molar-refractivity contribution in [3.63, 3.8) is 0 Å². The van der Waals surface area contributed by atoms with Crippen molar-refractivity contribution >= 4 is 12.0 Å². The van der Waals surface area contributed by atoms with Crippen LogP contribution in [0.4, 0.5) is 4.79 Å². The summed E-state index contributed by atoms with van der Waals surface area (Å²) in [5.41, 5.74) is -0.263. The molecule has 2 unspecified atom stereocenters. The minimum absolute atomic E-state index is 0.00603. The van der Waals surface area contributed by atoms with Gasteiger partial charge in [0.25, 0.3) is 0 Å². The topological polar surface area (TPSA) is 69.6 Å². The normalized spacial score (nSPS) is 24.1. The second kappa shape index (κ2) is 6.26. The number of piperidine rings is 1. The Hall–Kier alpha value is -1.26. The number of carboxylic acids is 1.